The first-order valence-electron chi connectivity index (χ1n) is 8.33. The summed E-state index contributed by atoms with van der Waals surface area (Å²) in [7, 11) is 0. The molecule has 2 saturated carbocycles. The van der Waals surface area contributed by atoms with E-state index in [0.29, 0.717) is 0 Å². The third kappa shape index (κ3) is 1.78. The summed E-state index contributed by atoms with van der Waals surface area (Å²) in [5.74, 6) is 5.31. The zero-order valence-corrected chi connectivity index (χ0v) is 11.5. The Morgan fingerprint density at radius 1 is 0.889 bits per heavy atom. The first-order chi connectivity index (χ1) is 8.93. The van der Waals surface area contributed by atoms with E-state index in [1.54, 1.807) is 25.7 Å². The molecule has 0 spiro atoms. The van der Waals surface area contributed by atoms with Gasteiger partial charge in [0.25, 0.3) is 0 Å². The minimum atomic E-state index is 0.959. The van der Waals surface area contributed by atoms with Gasteiger partial charge in [0.1, 0.15) is 0 Å². The summed E-state index contributed by atoms with van der Waals surface area (Å²) >= 11 is 0. The Hall–Kier alpha value is -0.300. The van der Waals surface area contributed by atoms with E-state index in [1.165, 1.54) is 38.8 Å². The number of nitrogens with one attached hydrogen (secondary N) is 1. The van der Waals surface area contributed by atoms with Crippen LogP contribution in [0.3, 0.4) is 0 Å². The van der Waals surface area contributed by atoms with Crippen LogP contribution in [0.15, 0.2) is 11.6 Å². The zero-order chi connectivity index (χ0) is 11.9. The van der Waals surface area contributed by atoms with E-state index in [0.717, 1.165) is 29.6 Å². The second-order valence-electron chi connectivity index (χ2n) is 7.17. The standard InChI is InChI=1S/C17H27N/c1-2-12-4-6-17-15-9-11-18-10-8-13(15)5-7-16(17)14(12)3-1/h5,12,14-18H,1-4,6-11H2. The molecule has 4 aliphatic rings. The summed E-state index contributed by atoms with van der Waals surface area (Å²) in [5, 5.41) is 3.60. The molecule has 3 aliphatic carbocycles. The molecule has 0 bridgehead atoms. The highest BCUT2D eigenvalue weighted by Gasteiger charge is 2.45. The van der Waals surface area contributed by atoms with E-state index in [2.05, 4.69) is 11.4 Å². The smallest absolute Gasteiger partial charge is 0.00115 e. The molecule has 1 nitrogen and oxygen atoms in total. The van der Waals surface area contributed by atoms with Crippen molar-refractivity contribution >= 4 is 0 Å². The number of fused-ring (bicyclic) bond motifs is 5. The zero-order valence-electron chi connectivity index (χ0n) is 11.5. The Morgan fingerprint density at radius 2 is 1.89 bits per heavy atom. The van der Waals surface area contributed by atoms with Gasteiger partial charge in [-0.3, -0.25) is 0 Å². The Kier molecular flexibility index (Phi) is 2.99. The maximum absolute atomic E-state index is 3.60. The van der Waals surface area contributed by atoms with Crippen LogP contribution >= 0.6 is 0 Å². The molecule has 0 aromatic carbocycles. The molecule has 4 rings (SSSR count). The Morgan fingerprint density at radius 3 is 2.89 bits per heavy atom. The average molecular weight is 245 g/mol. The first-order valence-corrected chi connectivity index (χ1v) is 8.33. The molecule has 100 valence electrons. The lowest BCUT2D eigenvalue weighted by molar-refractivity contribution is 0.0706. The van der Waals surface area contributed by atoms with Crippen LogP contribution in [-0.2, 0) is 0 Å². The Balaban J connectivity index is 1.61. The van der Waals surface area contributed by atoms with Crippen LogP contribution in [-0.4, -0.2) is 13.1 Å². The van der Waals surface area contributed by atoms with Gasteiger partial charge in [0.15, 0.2) is 0 Å². The molecule has 1 aliphatic heterocycles. The summed E-state index contributed by atoms with van der Waals surface area (Å²) in [6, 6.07) is 0. The van der Waals surface area contributed by atoms with Gasteiger partial charge in [0, 0.05) is 0 Å². The molecule has 18 heavy (non-hydrogen) atoms. The molecule has 1 N–H and O–H groups in total. The number of rotatable bonds is 0. The molecular formula is C17H27N. The third-order valence-electron chi connectivity index (χ3n) is 6.56. The molecule has 1 heteroatoms. The van der Waals surface area contributed by atoms with E-state index in [9.17, 15) is 0 Å². The fourth-order valence-corrected chi connectivity index (χ4v) is 5.79. The fourth-order valence-electron chi connectivity index (χ4n) is 5.79. The van der Waals surface area contributed by atoms with Crippen LogP contribution < -0.4 is 5.32 Å². The monoisotopic (exact) mass is 245 g/mol. The van der Waals surface area contributed by atoms with Crippen LogP contribution in [0.5, 0.6) is 0 Å². The van der Waals surface area contributed by atoms with Crippen LogP contribution in [0.2, 0.25) is 0 Å². The lowest BCUT2D eigenvalue weighted by atomic mass is 9.58. The van der Waals surface area contributed by atoms with Gasteiger partial charge in [-0.05, 0) is 81.2 Å². The number of hydrogen-bond donors (Lipinski definition) is 1. The number of allylic oxidation sites excluding steroid dienone is 1. The van der Waals surface area contributed by atoms with Crippen molar-refractivity contribution in [3.63, 3.8) is 0 Å². The van der Waals surface area contributed by atoms with Crippen molar-refractivity contribution in [2.24, 2.45) is 29.6 Å². The van der Waals surface area contributed by atoms with E-state index in [1.807, 2.05) is 5.57 Å². The van der Waals surface area contributed by atoms with Crippen LogP contribution in [0.25, 0.3) is 0 Å². The van der Waals surface area contributed by atoms with Crippen molar-refractivity contribution in [3.8, 4) is 0 Å². The maximum atomic E-state index is 3.60. The molecule has 1 saturated heterocycles. The summed E-state index contributed by atoms with van der Waals surface area (Å²) in [5.41, 5.74) is 1.83. The minimum absolute atomic E-state index is 0.959. The lowest BCUT2D eigenvalue weighted by Crippen LogP contribution is -2.38. The average Bonchev–Trinajstić information content (AvgIpc) is 2.75. The van der Waals surface area contributed by atoms with Gasteiger partial charge in [0.05, 0.1) is 0 Å². The van der Waals surface area contributed by atoms with Gasteiger partial charge in [0.2, 0.25) is 0 Å². The van der Waals surface area contributed by atoms with Crippen LogP contribution in [0.4, 0.5) is 0 Å². The summed E-state index contributed by atoms with van der Waals surface area (Å²) in [4.78, 5) is 0. The molecule has 1 heterocycles. The Bertz CT molecular complexity index is 346. The SMILES string of the molecule is C1=C2CCNCCC2C2CCC3CCCC3C2C1. The molecule has 0 aromatic heterocycles. The fraction of sp³-hybridized carbons (Fsp3) is 0.882. The third-order valence-corrected chi connectivity index (χ3v) is 6.56. The lowest BCUT2D eigenvalue weighted by Gasteiger charge is -2.46. The highest BCUT2D eigenvalue weighted by atomic mass is 14.9. The van der Waals surface area contributed by atoms with Gasteiger partial charge < -0.3 is 5.32 Å². The minimum Gasteiger partial charge on any atom is -0.316 e. The number of hydrogen-bond acceptors (Lipinski definition) is 1. The van der Waals surface area contributed by atoms with Crippen molar-refractivity contribution in [2.75, 3.05) is 13.1 Å². The molecule has 0 amide bonds. The topological polar surface area (TPSA) is 12.0 Å². The molecule has 5 atom stereocenters. The Labute approximate surface area is 111 Å². The molecule has 0 radical (unpaired) electrons. The molecular weight excluding hydrogens is 218 g/mol. The quantitative estimate of drug-likeness (QED) is 0.641. The molecule has 0 aromatic rings. The normalized spacial score (nSPS) is 47.6. The van der Waals surface area contributed by atoms with E-state index in [-0.39, 0.29) is 0 Å². The molecule has 5 unspecified atom stereocenters. The first kappa shape index (κ1) is 11.5. The van der Waals surface area contributed by atoms with Crippen LogP contribution in [0, 0.1) is 29.6 Å². The van der Waals surface area contributed by atoms with Gasteiger partial charge >= 0.3 is 0 Å². The predicted octanol–water partition coefficient (Wildman–Crippen LogP) is 3.76. The van der Waals surface area contributed by atoms with Crippen molar-refractivity contribution < 1.29 is 0 Å². The van der Waals surface area contributed by atoms with Crippen molar-refractivity contribution in [2.45, 2.75) is 51.4 Å². The van der Waals surface area contributed by atoms with Gasteiger partial charge in [-0.2, -0.15) is 0 Å². The summed E-state index contributed by atoms with van der Waals surface area (Å²) in [6.45, 7) is 2.49. The second-order valence-corrected chi connectivity index (χ2v) is 7.17. The van der Waals surface area contributed by atoms with Crippen molar-refractivity contribution in [3.05, 3.63) is 11.6 Å². The van der Waals surface area contributed by atoms with E-state index in [4.69, 9.17) is 0 Å². The second kappa shape index (κ2) is 4.67. The van der Waals surface area contributed by atoms with Crippen molar-refractivity contribution in [1.82, 2.24) is 5.32 Å². The van der Waals surface area contributed by atoms with Crippen LogP contribution in [0.1, 0.15) is 51.4 Å². The van der Waals surface area contributed by atoms with E-state index >= 15 is 0 Å². The maximum Gasteiger partial charge on any atom is -0.00115 e. The van der Waals surface area contributed by atoms with E-state index < -0.39 is 0 Å². The molecule has 3 fully saturated rings. The summed E-state index contributed by atoms with van der Waals surface area (Å²) in [6.07, 6.45) is 14.6. The van der Waals surface area contributed by atoms with Gasteiger partial charge in [-0.1, -0.05) is 24.5 Å². The largest absolute Gasteiger partial charge is 0.316 e. The summed E-state index contributed by atoms with van der Waals surface area (Å²) < 4.78 is 0. The highest BCUT2D eigenvalue weighted by Crippen LogP contribution is 2.54. The van der Waals surface area contributed by atoms with Gasteiger partial charge in [-0.25, -0.2) is 0 Å². The van der Waals surface area contributed by atoms with Gasteiger partial charge in [-0.15, -0.1) is 0 Å². The highest BCUT2D eigenvalue weighted by molar-refractivity contribution is 5.17. The predicted molar refractivity (Wildman–Crippen MR) is 75.3 cm³/mol. The van der Waals surface area contributed by atoms with Crippen molar-refractivity contribution in [1.29, 1.82) is 0 Å².